The van der Waals surface area contributed by atoms with E-state index in [4.69, 9.17) is 25.5 Å². The third-order valence-electron chi connectivity index (χ3n) is 0.1000. The van der Waals surface area contributed by atoms with Crippen molar-refractivity contribution in [3.05, 3.63) is 10.1 Å². The average molecular weight is 233 g/mol. The second-order valence-corrected chi connectivity index (χ2v) is 0.685. The number of rotatable bonds is 1. The monoisotopic (exact) mass is 232 g/mol. The maximum Gasteiger partial charge on any atom is 0.291 e. The summed E-state index contributed by atoms with van der Waals surface area (Å²) in [6.07, 6.45) is 0. The standard InChI is InChI=1S/C2H6O2.Ag.HNO3/c3-1-2-4;;2-1(3)4/h3-4H,1-2H2;;(H,2,3,4). The molecule has 0 heterocycles. The van der Waals surface area contributed by atoms with E-state index < -0.39 is 5.09 Å². The number of hydrogen-bond donors (Lipinski definition) is 3. The molecule has 0 unspecified atom stereocenters. The van der Waals surface area contributed by atoms with E-state index in [0.29, 0.717) is 0 Å². The Morgan fingerprint density at radius 3 is 1.44 bits per heavy atom. The second-order valence-electron chi connectivity index (χ2n) is 0.685. The van der Waals surface area contributed by atoms with Crippen LogP contribution in [0.5, 0.6) is 0 Å². The molecule has 7 heteroatoms. The predicted octanol–water partition coefficient (Wildman–Crippen LogP) is -1.38. The zero-order valence-corrected chi connectivity index (χ0v) is 5.80. The Balaban J connectivity index is -0.0000000720. The summed E-state index contributed by atoms with van der Waals surface area (Å²) in [7, 11) is 0. The molecule has 0 saturated carbocycles. The smallest absolute Gasteiger partial charge is 0.291 e. The average Bonchev–Trinajstić information content (AvgIpc) is 1.65. The summed E-state index contributed by atoms with van der Waals surface area (Å²) in [6, 6.07) is 0. The van der Waals surface area contributed by atoms with E-state index in [1.807, 2.05) is 0 Å². The molecular formula is C2H7AgNO5. The first-order valence-corrected chi connectivity index (χ1v) is 1.70. The Morgan fingerprint density at radius 2 is 1.44 bits per heavy atom. The Labute approximate surface area is 66.7 Å². The molecule has 1 radical (unpaired) electrons. The molecule has 6 nitrogen and oxygen atoms in total. The fraction of sp³-hybridized carbons (Fsp3) is 1.00. The molecule has 0 spiro atoms. The number of aliphatic hydroxyl groups excluding tert-OH is 2. The number of aliphatic hydroxyl groups is 2. The van der Waals surface area contributed by atoms with Crippen LogP contribution in [0.3, 0.4) is 0 Å². The molecule has 0 aliphatic heterocycles. The molecular weight excluding hydrogens is 226 g/mol. The Hall–Kier alpha value is -0.140. The molecule has 9 heavy (non-hydrogen) atoms. The third kappa shape index (κ3) is 365. The minimum atomic E-state index is -1.50. The van der Waals surface area contributed by atoms with Gasteiger partial charge in [-0.05, 0) is 0 Å². The van der Waals surface area contributed by atoms with Crippen molar-refractivity contribution in [1.29, 1.82) is 0 Å². The molecule has 0 fully saturated rings. The Bertz CT molecular complexity index is 52.9. The normalized spacial score (nSPS) is 6.00. The van der Waals surface area contributed by atoms with Crippen LogP contribution in [0.2, 0.25) is 0 Å². The molecule has 0 aromatic heterocycles. The summed E-state index contributed by atoms with van der Waals surface area (Å²) in [6.45, 7) is -0.250. The molecule has 0 amide bonds. The predicted molar refractivity (Wildman–Crippen MR) is 23.0 cm³/mol. The second kappa shape index (κ2) is 15.7. The van der Waals surface area contributed by atoms with Gasteiger partial charge >= 0.3 is 0 Å². The van der Waals surface area contributed by atoms with E-state index in [9.17, 15) is 0 Å². The zero-order valence-electron chi connectivity index (χ0n) is 4.32. The maximum absolute atomic E-state index is 8.36. The molecule has 0 saturated heterocycles. The summed E-state index contributed by atoms with van der Waals surface area (Å²) in [5.74, 6) is 0. The quantitative estimate of drug-likeness (QED) is 0.294. The minimum Gasteiger partial charge on any atom is -0.394 e. The third-order valence-corrected chi connectivity index (χ3v) is 0.1000. The first-order chi connectivity index (χ1) is 3.65. The van der Waals surface area contributed by atoms with Crippen LogP contribution in [-0.2, 0) is 22.4 Å². The molecule has 0 aliphatic carbocycles. The van der Waals surface area contributed by atoms with Crippen LogP contribution < -0.4 is 0 Å². The van der Waals surface area contributed by atoms with Gasteiger partial charge in [0, 0.05) is 22.4 Å². The van der Waals surface area contributed by atoms with Crippen LogP contribution in [0.25, 0.3) is 0 Å². The molecule has 0 bridgehead atoms. The van der Waals surface area contributed by atoms with Crippen molar-refractivity contribution in [1.82, 2.24) is 0 Å². The van der Waals surface area contributed by atoms with Gasteiger partial charge < -0.3 is 15.4 Å². The summed E-state index contributed by atoms with van der Waals surface area (Å²) < 4.78 is 0. The van der Waals surface area contributed by atoms with E-state index in [1.54, 1.807) is 0 Å². The Morgan fingerprint density at radius 1 is 1.33 bits per heavy atom. The van der Waals surface area contributed by atoms with Crippen LogP contribution in [0.1, 0.15) is 0 Å². The molecule has 0 aromatic rings. The maximum atomic E-state index is 8.36. The van der Waals surface area contributed by atoms with Crippen LogP contribution >= 0.6 is 0 Å². The van der Waals surface area contributed by atoms with Gasteiger partial charge in [0.05, 0.1) is 13.2 Å². The van der Waals surface area contributed by atoms with E-state index in [1.165, 1.54) is 0 Å². The largest absolute Gasteiger partial charge is 0.394 e. The molecule has 3 N–H and O–H groups in total. The van der Waals surface area contributed by atoms with Gasteiger partial charge in [-0.3, -0.25) is 0 Å². The zero-order chi connectivity index (χ0) is 6.99. The van der Waals surface area contributed by atoms with Gasteiger partial charge in [0.15, 0.2) is 0 Å². The SMILES string of the molecule is O=[N+]([O-])O.OCCO.[Ag]. The van der Waals surface area contributed by atoms with Crippen molar-refractivity contribution in [3.63, 3.8) is 0 Å². The first kappa shape index (κ1) is 15.9. The summed E-state index contributed by atoms with van der Waals surface area (Å²) in [4.78, 5) is 8.36. The molecule has 0 rings (SSSR count). The van der Waals surface area contributed by atoms with Crippen molar-refractivity contribution in [2.45, 2.75) is 0 Å². The van der Waals surface area contributed by atoms with E-state index in [0.717, 1.165) is 0 Å². The fourth-order valence-corrected chi connectivity index (χ4v) is 0. The van der Waals surface area contributed by atoms with Gasteiger partial charge in [-0.2, -0.15) is 0 Å². The van der Waals surface area contributed by atoms with Crippen LogP contribution in [0, 0.1) is 10.1 Å². The van der Waals surface area contributed by atoms with Crippen LogP contribution in [-0.4, -0.2) is 33.7 Å². The van der Waals surface area contributed by atoms with Crippen molar-refractivity contribution >= 4 is 0 Å². The molecule has 0 aliphatic rings. The van der Waals surface area contributed by atoms with Gasteiger partial charge in [0.1, 0.15) is 0 Å². The summed E-state index contributed by atoms with van der Waals surface area (Å²) in [5.41, 5.74) is 0. The summed E-state index contributed by atoms with van der Waals surface area (Å²) in [5, 5.41) is 28.9. The van der Waals surface area contributed by atoms with Crippen LogP contribution in [0.15, 0.2) is 0 Å². The molecule has 0 atom stereocenters. The summed E-state index contributed by atoms with van der Waals surface area (Å²) >= 11 is 0. The minimum absolute atomic E-state index is 0. The van der Waals surface area contributed by atoms with Gasteiger partial charge in [-0.1, -0.05) is 0 Å². The Kier molecular flexibility index (Phi) is 27.7. The van der Waals surface area contributed by atoms with Gasteiger partial charge in [-0.15, -0.1) is 10.1 Å². The van der Waals surface area contributed by atoms with Crippen molar-refractivity contribution < 1.29 is 42.9 Å². The van der Waals surface area contributed by atoms with Crippen molar-refractivity contribution in [2.24, 2.45) is 0 Å². The topological polar surface area (TPSA) is 104 Å². The van der Waals surface area contributed by atoms with Gasteiger partial charge in [0.25, 0.3) is 5.09 Å². The van der Waals surface area contributed by atoms with E-state index >= 15 is 0 Å². The first-order valence-electron chi connectivity index (χ1n) is 1.70. The van der Waals surface area contributed by atoms with E-state index in [2.05, 4.69) is 0 Å². The fourth-order valence-electron chi connectivity index (χ4n) is 0. The van der Waals surface area contributed by atoms with Gasteiger partial charge in [-0.25, -0.2) is 0 Å². The molecule has 0 aromatic carbocycles. The number of hydrogen-bond acceptors (Lipinski definition) is 4. The van der Waals surface area contributed by atoms with Gasteiger partial charge in [0.2, 0.25) is 0 Å². The number of nitrogens with zero attached hydrogens (tertiary/aromatic N) is 1. The van der Waals surface area contributed by atoms with Crippen molar-refractivity contribution in [3.8, 4) is 0 Å². The van der Waals surface area contributed by atoms with E-state index in [-0.39, 0.29) is 35.6 Å². The van der Waals surface area contributed by atoms with Crippen molar-refractivity contribution in [2.75, 3.05) is 13.2 Å². The van der Waals surface area contributed by atoms with Crippen LogP contribution in [0.4, 0.5) is 0 Å². The molecule has 61 valence electrons.